The summed E-state index contributed by atoms with van der Waals surface area (Å²) in [6, 6.07) is 9.48. The quantitative estimate of drug-likeness (QED) is 0.791. The van der Waals surface area contributed by atoms with Crippen LogP contribution < -0.4 is 0 Å². The van der Waals surface area contributed by atoms with E-state index in [0.29, 0.717) is 6.42 Å². The molecule has 0 amide bonds. The highest BCUT2D eigenvalue weighted by atomic mass is 35.7. The molecule has 1 aromatic heterocycles. The average molecular weight is 256 g/mol. The maximum Gasteiger partial charge on any atom is 0.232 e. The van der Waals surface area contributed by atoms with Crippen molar-refractivity contribution in [3.05, 3.63) is 42.1 Å². The van der Waals surface area contributed by atoms with Gasteiger partial charge in [-0.2, -0.15) is 0 Å². The van der Waals surface area contributed by atoms with Crippen LogP contribution >= 0.6 is 10.7 Å². The second-order valence-electron chi connectivity index (χ2n) is 3.52. The molecule has 2 aromatic rings. The fourth-order valence-corrected chi connectivity index (χ4v) is 2.23. The number of nitrogens with zero attached hydrogens (tertiary/aromatic N) is 1. The summed E-state index contributed by atoms with van der Waals surface area (Å²) in [6.07, 6.45) is 2.15. The molecule has 2 rings (SSSR count). The molecule has 0 radical (unpaired) electrons. The molecule has 16 heavy (non-hydrogen) atoms. The Morgan fingerprint density at radius 2 is 2.06 bits per heavy atom. The van der Waals surface area contributed by atoms with E-state index in [2.05, 4.69) is 4.98 Å². The van der Waals surface area contributed by atoms with Crippen molar-refractivity contribution in [2.75, 3.05) is 5.75 Å². The summed E-state index contributed by atoms with van der Waals surface area (Å²) in [6.45, 7) is 0. The van der Waals surface area contributed by atoms with Crippen LogP contribution in [-0.2, 0) is 15.5 Å². The van der Waals surface area contributed by atoms with Gasteiger partial charge in [0.05, 0.1) is 11.3 Å². The molecule has 5 heteroatoms. The molecule has 0 atom stereocenters. The van der Waals surface area contributed by atoms with Crippen molar-refractivity contribution in [3.63, 3.8) is 0 Å². The van der Waals surface area contributed by atoms with E-state index in [1.54, 1.807) is 6.20 Å². The summed E-state index contributed by atoms with van der Waals surface area (Å²) < 4.78 is 21.6. The van der Waals surface area contributed by atoms with E-state index in [9.17, 15) is 8.42 Å². The summed E-state index contributed by atoms with van der Waals surface area (Å²) in [5.74, 6) is -0.0413. The van der Waals surface area contributed by atoms with Gasteiger partial charge in [0.15, 0.2) is 0 Å². The van der Waals surface area contributed by atoms with Crippen LogP contribution in [-0.4, -0.2) is 19.2 Å². The Morgan fingerprint density at radius 3 is 2.81 bits per heavy atom. The highest BCUT2D eigenvalue weighted by Gasteiger charge is 2.05. The molecule has 0 aliphatic carbocycles. The number of aromatic nitrogens is 1. The van der Waals surface area contributed by atoms with Gasteiger partial charge in [0.1, 0.15) is 0 Å². The van der Waals surface area contributed by atoms with E-state index in [-0.39, 0.29) is 5.75 Å². The molecular weight excluding hydrogens is 246 g/mol. The minimum atomic E-state index is -3.42. The molecule has 0 saturated heterocycles. The van der Waals surface area contributed by atoms with Crippen molar-refractivity contribution >= 4 is 30.6 Å². The Labute approximate surface area is 98.5 Å². The third kappa shape index (κ3) is 2.93. The van der Waals surface area contributed by atoms with Gasteiger partial charge in [-0.25, -0.2) is 8.42 Å². The Hall–Kier alpha value is -1.13. The van der Waals surface area contributed by atoms with Crippen molar-refractivity contribution < 1.29 is 8.42 Å². The maximum atomic E-state index is 10.8. The SMILES string of the molecule is O=S(=O)(Cl)CCc1ccc2ncccc2c1. The molecule has 0 bridgehead atoms. The normalized spacial score (nSPS) is 11.8. The second-order valence-corrected chi connectivity index (χ2v) is 6.42. The van der Waals surface area contributed by atoms with Crippen molar-refractivity contribution in [2.45, 2.75) is 6.42 Å². The first kappa shape index (κ1) is 11.4. The van der Waals surface area contributed by atoms with Crippen LogP contribution in [0.2, 0.25) is 0 Å². The van der Waals surface area contributed by atoms with Crippen molar-refractivity contribution in [2.24, 2.45) is 0 Å². The first-order valence-electron chi connectivity index (χ1n) is 4.81. The fraction of sp³-hybridized carbons (Fsp3) is 0.182. The minimum absolute atomic E-state index is 0.0413. The molecule has 0 fully saturated rings. The number of hydrogen-bond donors (Lipinski definition) is 0. The third-order valence-electron chi connectivity index (χ3n) is 2.30. The highest BCUT2D eigenvalue weighted by molar-refractivity contribution is 8.13. The molecule has 0 saturated carbocycles. The first-order chi connectivity index (χ1) is 7.54. The van der Waals surface area contributed by atoms with Crippen molar-refractivity contribution in [1.82, 2.24) is 4.98 Å². The third-order valence-corrected chi connectivity index (χ3v) is 3.46. The smallest absolute Gasteiger partial charge is 0.232 e. The van der Waals surface area contributed by atoms with Gasteiger partial charge in [0, 0.05) is 22.3 Å². The lowest BCUT2D eigenvalue weighted by Gasteiger charge is -2.01. The Balaban J connectivity index is 2.26. The zero-order chi connectivity index (χ0) is 11.6. The van der Waals surface area contributed by atoms with E-state index in [4.69, 9.17) is 10.7 Å². The zero-order valence-corrected chi connectivity index (χ0v) is 10.0. The van der Waals surface area contributed by atoms with E-state index >= 15 is 0 Å². The number of rotatable bonds is 3. The van der Waals surface area contributed by atoms with E-state index in [1.165, 1.54) is 0 Å². The lowest BCUT2D eigenvalue weighted by Crippen LogP contribution is -2.00. The van der Waals surface area contributed by atoms with E-state index in [0.717, 1.165) is 16.5 Å². The Bertz CT molecular complexity index is 610. The number of halogens is 1. The lowest BCUT2D eigenvalue weighted by atomic mass is 10.1. The molecule has 84 valence electrons. The van der Waals surface area contributed by atoms with Crippen LogP contribution in [0.5, 0.6) is 0 Å². The van der Waals surface area contributed by atoms with Crippen molar-refractivity contribution in [1.29, 1.82) is 0 Å². The maximum absolute atomic E-state index is 10.8. The number of pyridine rings is 1. The van der Waals surface area contributed by atoms with Crippen LogP contribution in [0.3, 0.4) is 0 Å². The van der Waals surface area contributed by atoms with Gasteiger partial charge >= 0.3 is 0 Å². The molecular formula is C11H10ClNO2S. The first-order valence-corrected chi connectivity index (χ1v) is 7.28. The molecule has 0 N–H and O–H groups in total. The summed E-state index contributed by atoms with van der Waals surface area (Å²) in [5.41, 5.74) is 1.85. The molecule has 1 heterocycles. The predicted octanol–water partition coefficient (Wildman–Crippen LogP) is 2.35. The number of hydrogen-bond acceptors (Lipinski definition) is 3. The van der Waals surface area contributed by atoms with Gasteiger partial charge in [0.25, 0.3) is 0 Å². The fourth-order valence-electron chi connectivity index (χ4n) is 1.52. The number of benzene rings is 1. The summed E-state index contributed by atoms with van der Waals surface area (Å²) >= 11 is 0. The van der Waals surface area contributed by atoms with Gasteiger partial charge in [0.2, 0.25) is 9.05 Å². The summed E-state index contributed by atoms with van der Waals surface area (Å²) in [7, 11) is 1.74. The van der Waals surface area contributed by atoms with Gasteiger partial charge in [-0.05, 0) is 30.2 Å². The average Bonchev–Trinajstić information content (AvgIpc) is 2.25. The van der Waals surface area contributed by atoms with E-state index < -0.39 is 9.05 Å². The topological polar surface area (TPSA) is 47.0 Å². The van der Waals surface area contributed by atoms with Gasteiger partial charge < -0.3 is 0 Å². The molecule has 0 unspecified atom stereocenters. The number of aryl methyl sites for hydroxylation is 1. The highest BCUT2D eigenvalue weighted by Crippen LogP contribution is 2.14. The molecule has 0 aliphatic heterocycles. The van der Waals surface area contributed by atoms with Crippen LogP contribution in [0, 0.1) is 0 Å². The van der Waals surface area contributed by atoms with Crippen LogP contribution in [0.4, 0.5) is 0 Å². The molecule has 3 nitrogen and oxygen atoms in total. The largest absolute Gasteiger partial charge is 0.256 e. The van der Waals surface area contributed by atoms with E-state index in [1.807, 2.05) is 30.3 Å². The van der Waals surface area contributed by atoms with Crippen molar-refractivity contribution in [3.8, 4) is 0 Å². The van der Waals surface area contributed by atoms with Crippen LogP contribution in [0.25, 0.3) is 10.9 Å². The van der Waals surface area contributed by atoms with Gasteiger partial charge in [-0.1, -0.05) is 12.1 Å². The predicted molar refractivity (Wildman–Crippen MR) is 65.1 cm³/mol. The molecule has 1 aromatic carbocycles. The lowest BCUT2D eigenvalue weighted by molar-refractivity contribution is 0.609. The minimum Gasteiger partial charge on any atom is -0.256 e. The standard InChI is InChI=1S/C11H10ClNO2S/c12-16(14,15)7-5-9-3-4-11-10(8-9)2-1-6-13-11/h1-4,6,8H,5,7H2. The van der Waals surface area contributed by atoms with Gasteiger partial charge in [-0.3, -0.25) is 4.98 Å². The Kier molecular flexibility index (Phi) is 3.12. The Morgan fingerprint density at radius 1 is 1.25 bits per heavy atom. The summed E-state index contributed by atoms with van der Waals surface area (Å²) in [4.78, 5) is 4.19. The van der Waals surface area contributed by atoms with Crippen LogP contribution in [0.1, 0.15) is 5.56 Å². The molecule has 0 spiro atoms. The zero-order valence-electron chi connectivity index (χ0n) is 8.43. The summed E-state index contributed by atoms with van der Waals surface area (Å²) in [5, 5.41) is 1.01. The monoisotopic (exact) mass is 255 g/mol. The van der Waals surface area contributed by atoms with Crippen LogP contribution in [0.15, 0.2) is 36.5 Å². The molecule has 0 aliphatic rings. The number of fused-ring (bicyclic) bond motifs is 1. The second kappa shape index (κ2) is 4.39. The van der Waals surface area contributed by atoms with Gasteiger partial charge in [-0.15, -0.1) is 0 Å².